The summed E-state index contributed by atoms with van der Waals surface area (Å²) >= 11 is 0. The Morgan fingerprint density at radius 3 is 2.85 bits per heavy atom. The molecule has 1 aliphatic heterocycles. The van der Waals surface area contributed by atoms with Crippen molar-refractivity contribution in [2.45, 2.75) is 39.3 Å². The molecule has 138 valence electrons. The predicted molar refractivity (Wildman–Crippen MR) is 106 cm³/mol. The summed E-state index contributed by atoms with van der Waals surface area (Å²) in [5.41, 5.74) is 5.28. The number of urea groups is 1. The molecule has 2 heterocycles. The number of hydrogen-bond acceptors (Lipinski definition) is 2. The molecule has 2 atom stereocenters. The Balaban J connectivity index is 1.71. The monoisotopic (exact) mass is 352 g/mol. The van der Waals surface area contributed by atoms with E-state index in [0.29, 0.717) is 6.04 Å². The molecule has 2 aliphatic rings. The first-order chi connectivity index (χ1) is 12.7. The van der Waals surface area contributed by atoms with E-state index < -0.39 is 0 Å². The Hall–Kier alpha value is -2.27. The number of fused-ring (bicyclic) bond motifs is 2. The molecule has 2 aromatic rings. The van der Waals surface area contributed by atoms with Crippen LogP contribution in [0.2, 0.25) is 0 Å². The number of benzene rings is 1. The van der Waals surface area contributed by atoms with E-state index in [2.05, 4.69) is 52.6 Å². The molecule has 4 rings (SSSR count). The smallest absolute Gasteiger partial charge is 0.317 e. The minimum Gasteiger partial charge on any atom is -0.361 e. The fraction of sp³-hybridized carbons (Fsp3) is 0.476. The van der Waals surface area contributed by atoms with Crippen LogP contribution in [0.3, 0.4) is 0 Å². The molecule has 5 heteroatoms. The first-order valence-electron chi connectivity index (χ1n) is 9.76. The Kier molecular flexibility index (Phi) is 4.49. The van der Waals surface area contributed by atoms with Gasteiger partial charge in [-0.3, -0.25) is 4.90 Å². The molecule has 0 radical (unpaired) electrons. The van der Waals surface area contributed by atoms with E-state index in [9.17, 15) is 4.79 Å². The second-order valence-electron chi connectivity index (χ2n) is 7.20. The van der Waals surface area contributed by atoms with Gasteiger partial charge in [-0.1, -0.05) is 25.1 Å². The van der Waals surface area contributed by atoms with Crippen LogP contribution in [0.5, 0.6) is 0 Å². The molecule has 26 heavy (non-hydrogen) atoms. The third kappa shape index (κ3) is 2.71. The van der Waals surface area contributed by atoms with Crippen molar-refractivity contribution >= 4 is 22.5 Å². The molecule has 2 N–H and O–H groups in total. The molecule has 0 saturated heterocycles. The average Bonchev–Trinajstić information content (AvgIpc) is 3.07. The summed E-state index contributed by atoms with van der Waals surface area (Å²) in [6.45, 7) is 9.57. The van der Waals surface area contributed by atoms with Gasteiger partial charge in [-0.2, -0.15) is 0 Å². The Morgan fingerprint density at radius 2 is 2.12 bits per heavy atom. The number of likely N-dealkylation sites (N-methyl/N-ethyl adjacent to an activating group) is 1. The molecular formula is C21H28N4O. The van der Waals surface area contributed by atoms with E-state index in [0.717, 1.165) is 32.6 Å². The second kappa shape index (κ2) is 6.80. The van der Waals surface area contributed by atoms with Crippen LogP contribution >= 0.6 is 0 Å². The molecule has 0 unspecified atom stereocenters. The molecule has 2 amide bonds. The maximum absolute atomic E-state index is 12.5. The predicted octanol–water partition coefficient (Wildman–Crippen LogP) is 3.23. The van der Waals surface area contributed by atoms with Crippen LogP contribution < -0.4 is 5.32 Å². The van der Waals surface area contributed by atoms with Crippen molar-refractivity contribution in [3.8, 4) is 0 Å². The van der Waals surface area contributed by atoms with Crippen LogP contribution in [0.1, 0.15) is 31.9 Å². The van der Waals surface area contributed by atoms with Gasteiger partial charge in [0.1, 0.15) is 0 Å². The number of rotatable bonds is 4. The normalized spacial score (nSPS) is 22.0. The minimum absolute atomic E-state index is 0.0303. The van der Waals surface area contributed by atoms with Crippen LogP contribution in [0.4, 0.5) is 4.79 Å². The molecule has 0 spiro atoms. The van der Waals surface area contributed by atoms with Crippen molar-refractivity contribution < 1.29 is 4.79 Å². The fourth-order valence-corrected chi connectivity index (χ4v) is 4.53. The van der Waals surface area contributed by atoms with Crippen molar-refractivity contribution in [1.82, 2.24) is 20.1 Å². The van der Waals surface area contributed by atoms with Crippen molar-refractivity contribution in [2.75, 3.05) is 26.2 Å². The van der Waals surface area contributed by atoms with Crippen LogP contribution in [0.15, 0.2) is 30.5 Å². The van der Waals surface area contributed by atoms with Gasteiger partial charge in [-0.25, -0.2) is 4.79 Å². The van der Waals surface area contributed by atoms with Crippen molar-refractivity contribution in [1.29, 1.82) is 0 Å². The lowest BCUT2D eigenvalue weighted by atomic mass is 9.81. The third-order valence-electron chi connectivity index (χ3n) is 5.89. The van der Waals surface area contributed by atoms with Crippen LogP contribution in [-0.2, 0) is 6.42 Å². The number of H-pyrrole nitrogens is 1. The zero-order valence-corrected chi connectivity index (χ0v) is 15.9. The summed E-state index contributed by atoms with van der Waals surface area (Å²) in [7, 11) is 0. The molecule has 0 fully saturated rings. The first kappa shape index (κ1) is 17.2. The highest BCUT2D eigenvalue weighted by molar-refractivity contribution is 5.98. The number of hydrogen-bond donors (Lipinski definition) is 2. The Labute approximate surface area is 155 Å². The topological polar surface area (TPSA) is 51.4 Å². The quantitative estimate of drug-likeness (QED) is 0.888. The lowest BCUT2D eigenvalue weighted by Crippen LogP contribution is -2.53. The van der Waals surface area contributed by atoms with Gasteiger partial charge >= 0.3 is 6.03 Å². The third-order valence-corrected chi connectivity index (χ3v) is 5.89. The molecule has 0 bridgehead atoms. The zero-order chi connectivity index (χ0) is 18.3. The van der Waals surface area contributed by atoms with E-state index in [1.165, 1.54) is 27.6 Å². The van der Waals surface area contributed by atoms with E-state index in [4.69, 9.17) is 0 Å². The molecule has 5 nitrogen and oxygen atoms in total. The van der Waals surface area contributed by atoms with Crippen molar-refractivity contribution in [3.05, 3.63) is 41.6 Å². The Morgan fingerprint density at radius 1 is 1.31 bits per heavy atom. The summed E-state index contributed by atoms with van der Waals surface area (Å²) in [5.74, 6) is 0. The van der Waals surface area contributed by atoms with E-state index in [1.54, 1.807) is 0 Å². The fourth-order valence-electron chi connectivity index (χ4n) is 4.53. The standard InChI is InChI=1S/C21H28N4O/c1-4-24(5-2)21(26)23-15-11-17-16-8-7-9-18-20(16)14(12-22-18)10-19(17)25(6-3)13-15/h7-9,11-12,15,19,22H,4-6,10,13H2,1-3H3,(H,23,26)/t15-,19+/m0/s1. The minimum atomic E-state index is 0.0303. The second-order valence-corrected chi connectivity index (χ2v) is 7.20. The number of nitrogens with zero attached hydrogens (tertiary/aromatic N) is 2. The zero-order valence-electron chi connectivity index (χ0n) is 15.9. The molecule has 1 aromatic heterocycles. The van der Waals surface area contributed by atoms with Gasteiger partial charge in [0.2, 0.25) is 0 Å². The largest absolute Gasteiger partial charge is 0.361 e. The van der Waals surface area contributed by atoms with Crippen molar-refractivity contribution in [3.63, 3.8) is 0 Å². The highest BCUT2D eigenvalue weighted by Gasteiger charge is 2.35. The van der Waals surface area contributed by atoms with Gasteiger partial charge in [0.25, 0.3) is 0 Å². The lowest BCUT2D eigenvalue weighted by molar-refractivity contribution is 0.186. The van der Waals surface area contributed by atoms with Gasteiger partial charge in [0.05, 0.1) is 6.04 Å². The highest BCUT2D eigenvalue weighted by atomic mass is 16.2. The van der Waals surface area contributed by atoms with Gasteiger partial charge in [-0.05, 0) is 49.6 Å². The number of aromatic nitrogens is 1. The molecule has 1 aromatic carbocycles. The highest BCUT2D eigenvalue weighted by Crippen LogP contribution is 2.40. The number of carbonyl (C=O) groups is 1. The van der Waals surface area contributed by atoms with E-state index in [-0.39, 0.29) is 12.1 Å². The van der Waals surface area contributed by atoms with Gasteiger partial charge in [-0.15, -0.1) is 0 Å². The maximum Gasteiger partial charge on any atom is 0.317 e. The SMILES string of the molecule is CCN(CC)C(=O)N[C@H]1C=C2c3cccc4[nH]cc(c34)C[C@H]2N(CC)C1. The maximum atomic E-state index is 12.5. The number of aromatic amines is 1. The van der Waals surface area contributed by atoms with Crippen LogP contribution in [-0.4, -0.2) is 59.1 Å². The molecular weight excluding hydrogens is 324 g/mol. The number of nitrogens with one attached hydrogen (secondary N) is 2. The summed E-state index contributed by atoms with van der Waals surface area (Å²) in [5, 5.41) is 4.58. The van der Waals surface area contributed by atoms with Gasteiger partial charge in [0, 0.05) is 42.8 Å². The number of amides is 2. The summed E-state index contributed by atoms with van der Waals surface area (Å²) in [6.07, 6.45) is 5.49. The van der Waals surface area contributed by atoms with Crippen LogP contribution in [0, 0.1) is 0 Å². The van der Waals surface area contributed by atoms with Gasteiger partial charge < -0.3 is 15.2 Å². The van der Waals surface area contributed by atoms with Gasteiger partial charge in [0.15, 0.2) is 0 Å². The molecule has 0 saturated carbocycles. The van der Waals surface area contributed by atoms with Crippen molar-refractivity contribution in [2.24, 2.45) is 0 Å². The molecule has 1 aliphatic carbocycles. The number of carbonyl (C=O) groups excluding carboxylic acids is 1. The summed E-state index contributed by atoms with van der Waals surface area (Å²) in [6, 6.07) is 6.96. The first-order valence-corrected chi connectivity index (χ1v) is 9.76. The lowest BCUT2D eigenvalue weighted by Gasteiger charge is -2.42. The Bertz CT molecular complexity index is 849. The van der Waals surface area contributed by atoms with E-state index in [1.807, 2.05) is 18.7 Å². The average molecular weight is 352 g/mol. The van der Waals surface area contributed by atoms with Crippen LogP contribution in [0.25, 0.3) is 16.5 Å². The summed E-state index contributed by atoms with van der Waals surface area (Å²) < 4.78 is 0. The summed E-state index contributed by atoms with van der Waals surface area (Å²) in [4.78, 5) is 20.3. The van der Waals surface area contributed by atoms with E-state index >= 15 is 0 Å².